The maximum absolute atomic E-state index is 3.75. The molecule has 0 unspecified atom stereocenters. The standard InChI is InChI=1S/C11H22Si/c1-6-8-11(9-7-2)10-12(3,4)5/h6,8H,1,7,9-10H2,2-5H3/b11-8+. The highest BCUT2D eigenvalue weighted by molar-refractivity contribution is 6.76. The summed E-state index contributed by atoms with van der Waals surface area (Å²) in [5, 5.41) is 0. The molecule has 1 heteroatoms. The van der Waals surface area contributed by atoms with E-state index in [-0.39, 0.29) is 0 Å². The van der Waals surface area contributed by atoms with E-state index < -0.39 is 8.07 Å². The van der Waals surface area contributed by atoms with Gasteiger partial charge in [0.15, 0.2) is 0 Å². The molecule has 0 aliphatic rings. The van der Waals surface area contributed by atoms with Crippen LogP contribution in [0.25, 0.3) is 0 Å². The lowest BCUT2D eigenvalue weighted by molar-refractivity contribution is 0.900. The third-order valence-corrected chi connectivity index (χ3v) is 3.20. The summed E-state index contributed by atoms with van der Waals surface area (Å²) in [6.45, 7) is 13.2. The zero-order valence-corrected chi connectivity index (χ0v) is 9.98. The molecule has 0 aliphatic heterocycles. The topological polar surface area (TPSA) is 0 Å². The maximum Gasteiger partial charge on any atom is 0.0483 e. The van der Waals surface area contributed by atoms with E-state index in [9.17, 15) is 0 Å². The summed E-state index contributed by atoms with van der Waals surface area (Å²) in [6.07, 6.45) is 6.62. The van der Waals surface area contributed by atoms with Gasteiger partial charge in [0.05, 0.1) is 0 Å². The molecule has 0 bridgehead atoms. The highest BCUT2D eigenvalue weighted by Crippen LogP contribution is 2.19. The molecule has 0 rings (SSSR count). The minimum atomic E-state index is -0.911. The highest BCUT2D eigenvalue weighted by atomic mass is 28.3. The Bertz CT molecular complexity index is 160. The van der Waals surface area contributed by atoms with Gasteiger partial charge in [-0.2, -0.15) is 0 Å². The van der Waals surface area contributed by atoms with Gasteiger partial charge < -0.3 is 0 Å². The van der Waals surface area contributed by atoms with Crippen molar-refractivity contribution in [3.8, 4) is 0 Å². The molecular weight excluding hydrogens is 160 g/mol. The molecule has 12 heavy (non-hydrogen) atoms. The van der Waals surface area contributed by atoms with Gasteiger partial charge in [0.1, 0.15) is 0 Å². The molecule has 0 aromatic rings. The predicted octanol–water partition coefficient (Wildman–Crippen LogP) is 4.24. The number of rotatable bonds is 5. The van der Waals surface area contributed by atoms with Gasteiger partial charge in [-0.25, -0.2) is 0 Å². The Kier molecular flexibility index (Phi) is 5.23. The molecule has 0 amide bonds. The summed E-state index contributed by atoms with van der Waals surface area (Å²) >= 11 is 0. The molecule has 0 nitrogen and oxygen atoms in total. The molecule has 0 aromatic carbocycles. The molecule has 0 spiro atoms. The average Bonchev–Trinajstić information content (AvgIpc) is 1.84. The summed E-state index contributed by atoms with van der Waals surface area (Å²) in [5.74, 6) is 0. The van der Waals surface area contributed by atoms with Crippen LogP contribution in [0.15, 0.2) is 24.3 Å². The van der Waals surface area contributed by atoms with Crippen LogP contribution in [0.3, 0.4) is 0 Å². The van der Waals surface area contributed by atoms with Crippen molar-refractivity contribution >= 4 is 8.07 Å². The minimum absolute atomic E-state index is 0.911. The van der Waals surface area contributed by atoms with E-state index in [0.717, 1.165) is 0 Å². The molecule has 0 heterocycles. The first kappa shape index (κ1) is 11.7. The highest BCUT2D eigenvalue weighted by Gasteiger charge is 2.14. The van der Waals surface area contributed by atoms with Crippen LogP contribution in [0.1, 0.15) is 19.8 Å². The lowest BCUT2D eigenvalue weighted by Crippen LogP contribution is -2.19. The first-order chi connectivity index (χ1) is 5.49. The average molecular weight is 182 g/mol. The molecule has 0 aliphatic carbocycles. The van der Waals surface area contributed by atoms with Gasteiger partial charge in [0.2, 0.25) is 0 Å². The van der Waals surface area contributed by atoms with Crippen LogP contribution in [0, 0.1) is 0 Å². The molecule has 70 valence electrons. The lowest BCUT2D eigenvalue weighted by atomic mass is 10.1. The Morgan fingerprint density at radius 3 is 2.25 bits per heavy atom. The lowest BCUT2D eigenvalue weighted by Gasteiger charge is -2.17. The quantitative estimate of drug-likeness (QED) is 0.441. The second-order valence-electron chi connectivity index (χ2n) is 4.55. The van der Waals surface area contributed by atoms with Crippen LogP contribution in [0.2, 0.25) is 25.7 Å². The van der Waals surface area contributed by atoms with Crippen molar-refractivity contribution in [2.24, 2.45) is 0 Å². The fourth-order valence-corrected chi connectivity index (χ4v) is 3.06. The van der Waals surface area contributed by atoms with Crippen molar-refractivity contribution in [3.63, 3.8) is 0 Å². The van der Waals surface area contributed by atoms with Crippen molar-refractivity contribution in [3.05, 3.63) is 24.3 Å². The summed E-state index contributed by atoms with van der Waals surface area (Å²) < 4.78 is 0. The third kappa shape index (κ3) is 6.41. The van der Waals surface area contributed by atoms with E-state index in [1.807, 2.05) is 6.08 Å². The fraction of sp³-hybridized carbons (Fsp3) is 0.636. The van der Waals surface area contributed by atoms with Crippen LogP contribution in [0.4, 0.5) is 0 Å². The van der Waals surface area contributed by atoms with E-state index in [1.165, 1.54) is 18.9 Å². The van der Waals surface area contributed by atoms with Gasteiger partial charge in [0, 0.05) is 8.07 Å². The second-order valence-corrected chi connectivity index (χ2v) is 10.0. The van der Waals surface area contributed by atoms with Crippen LogP contribution < -0.4 is 0 Å². The summed E-state index contributed by atoms with van der Waals surface area (Å²) in [7, 11) is -0.911. The van der Waals surface area contributed by atoms with E-state index >= 15 is 0 Å². The Morgan fingerprint density at radius 1 is 1.33 bits per heavy atom. The molecule has 0 N–H and O–H groups in total. The molecule has 0 saturated carbocycles. The van der Waals surface area contributed by atoms with Crippen molar-refractivity contribution in [2.75, 3.05) is 0 Å². The molecule has 0 atom stereocenters. The van der Waals surface area contributed by atoms with Gasteiger partial charge in [-0.1, -0.05) is 57.3 Å². The van der Waals surface area contributed by atoms with Crippen molar-refractivity contribution in [2.45, 2.75) is 45.5 Å². The summed E-state index contributed by atoms with van der Waals surface area (Å²) in [5.41, 5.74) is 1.59. The zero-order chi connectivity index (χ0) is 9.61. The van der Waals surface area contributed by atoms with Crippen molar-refractivity contribution < 1.29 is 0 Å². The first-order valence-corrected chi connectivity index (χ1v) is 8.51. The van der Waals surface area contributed by atoms with Crippen LogP contribution in [-0.2, 0) is 0 Å². The largest absolute Gasteiger partial charge is 0.0991 e. The van der Waals surface area contributed by atoms with Crippen molar-refractivity contribution in [1.29, 1.82) is 0 Å². The maximum atomic E-state index is 3.75. The molecule has 0 saturated heterocycles. The Balaban J connectivity index is 4.14. The van der Waals surface area contributed by atoms with Gasteiger partial charge in [-0.15, -0.1) is 0 Å². The monoisotopic (exact) mass is 182 g/mol. The second kappa shape index (κ2) is 5.36. The van der Waals surface area contributed by atoms with Gasteiger partial charge in [-0.05, 0) is 12.5 Å². The SMILES string of the molecule is C=C/C=C(\CCC)C[Si](C)(C)C. The van der Waals surface area contributed by atoms with E-state index in [0.29, 0.717) is 0 Å². The smallest absolute Gasteiger partial charge is 0.0483 e. The predicted molar refractivity (Wildman–Crippen MR) is 61.3 cm³/mol. The zero-order valence-electron chi connectivity index (χ0n) is 8.98. The Hall–Kier alpha value is -0.303. The molecule has 0 radical (unpaired) electrons. The van der Waals surface area contributed by atoms with Crippen molar-refractivity contribution in [1.82, 2.24) is 0 Å². The van der Waals surface area contributed by atoms with Crippen LogP contribution >= 0.6 is 0 Å². The fourth-order valence-electron chi connectivity index (χ4n) is 1.40. The van der Waals surface area contributed by atoms with Gasteiger partial charge in [0.25, 0.3) is 0 Å². The summed E-state index contributed by atoms with van der Waals surface area (Å²) in [4.78, 5) is 0. The number of hydrogen-bond donors (Lipinski definition) is 0. The molecule has 0 aromatic heterocycles. The van der Waals surface area contributed by atoms with Gasteiger partial charge in [-0.3, -0.25) is 0 Å². The van der Waals surface area contributed by atoms with Crippen LogP contribution in [-0.4, -0.2) is 8.07 Å². The van der Waals surface area contributed by atoms with E-state index in [1.54, 1.807) is 5.57 Å². The Morgan fingerprint density at radius 2 is 1.92 bits per heavy atom. The normalized spacial score (nSPS) is 13.2. The minimum Gasteiger partial charge on any atom is -0.0991 e. The molecule has 0 fully saturated rings. The summed E-state index contributed by atoms with van der Waals surface area (Å²) in [6, 6.07) is 1.33. The van der Waals surface area contributed by atoms with E-state index in [2.05, 4.69) is 39.2 Å². The van der Waals surface area contributed by atoms with E-state index in [4.69, 9.17) is 0 Å². The van der Waals surface area contributed by atoms with Crippen LogP contribution in [0.5, 0.6) is 0 Å². The Labute approximate surface area is 78.4 Å². The first-order valence-electron chi connectivity index (χ1n) is 4.80. The number of hydrogen-bond acceptors (Lipinski definition) is 0. The molecular formula is C11H22Si. The van der Waals surface area contributed by atoms with Gasteiger partial charge >= 0.3 is 0 Å². The third-order valence-electron chi connectivity index (χ3n) is 1.68. The number of allylic oxidation sites excluding steroid dienone is 3.